The van der Waals surface area contributed by atoms with Gasteiger partial charge in [0.15, 0.2) is 0 Å². The summed E-state index contributed by atoms with van der Waals surface area (Å²) in [5, 5.41) is 13.6. The van der Waals surface area contributed by atoms with Gasteiger partial charge in [0, 0.05) is 31.4 Å². The number of anilines is 2. The minimum atomic E-state index is -0.561. The highest BCUT2D eigenvalue weighted by atomic mass is 16.6. The van der Waals surface area contributed by atoms with Gasteiger partial charge in [-0.2, -0.15) is 0 Å². The minimum absolute atomic E-state index is 0.0944. The Labute approximate surface area is 102 Å². The standard InChI is InChI=1S/C10H12N6O2/c11-10-7(16(17)18)1-2-9(15-10)12-4-3-8-13-5-6-14-8/h1-2,5-6H,3-4H2,(H,13,14)(H3,11,12,15). The molecule has 18 heavy (non-hydrogen) atoms. The van der Waals surface area contributed by atoms with Gasteiger partial charge in [-0.05, 0) is 6.07 Å². The highest BCUT2D eigenvalue weighted by Crippen LogP contribution is 2.20. The summed E-state index contributed by atoms with van der Waals surface area (Å²) in [6, 6.07) is 2.86. The fourth-order valence-corrected chi connectivity index (χ4v) is 1.46. The summed E-state index contributed by atoms with van der Waals surface area (Å²) in [6.07, 6.45) is 4.13. The Balaban J connectivity index is 1.94. The molecule has 0 fully saturated rings. The Hall–Kier alpha value is -2.64. The number of nitro groups is 1. The molecule has 0 amide bonds. The molecule has 2 aromatic rings. The number of hydrogen-bond donors (Lipinski definition) is 3. The van der Waals surface area contributed by atoms with Crippen LogP contribution in [0.2, 0.25) is 0 Å². The van der Waals surface area contributed by atoms with Gasteiger partial charge in [0.05, 0.1) is 4.92 Å². The Morgan fingerprint density at radius 3 is 2.94 bits per heavy atom. The lowest BCUT2D eigenvalue weighted by Crippen LogP contribution is -2.08. The van der Waals surface area contributed by atoms with Crippen molar-refractivity contribution in [3.05, 3.63) is 40.5 Å². The molecule has 0 bridgehead atoms. The molecule has 0 radical (unpaired) electrons. The molecule has 0 atom stereocenters. The number of nitrogens with zero attached hydrogens (tertiary/aromatic N) is 3. The SMILES string of the molecule is Nc1nc(NCCc2ncc[nH]2)ccc1[N+](=O)[O-]. The number of rotatable bonds is 5. The van der Waals surface area contributed by atoms with Crippen molar-refractivity contribution in [3.63, 3.8) is 0 Å². The van der Waals surface area contributed by atoms with Gasteiger partial charge in [0.2, 0.25) is 5.82 Å². The monoisotopic (exact) mass is 248 g/mol. The first-order valence-electron chi connectivity index (χ1n) is 5.30. The number of aromatic amines is 1. The first kappa shape index (κ1) is 11.8. The van der Waals surface area contributed by atoms with Crippen LogP contribution < -0.4 is 11.1 Å². The lowest BCUT2D eigenvalue weighted by atomic mass is 10.3. The zero-order valence-electron chi connectivity index (χ0n) is 9.46. The van der Waals surface area contributed by atoms with Crippen LogP contribution in [-0.4, -0.2) is 26.4 Å². The second-order valence-corrected chi connectivity index (χ2v) is 3.57. The first-order valence-corrected chi connectivity index (χ1v) is 5.30. The third-order valence-corrected chi connectivity index (χ3v) is 2.32. The molecule has 0 aliphatic carbocycles. The van der Waals surface area contributed by atoms with Crippen LogP contribution in [0.25, 0.3) is 0 Å². The number of nitrogen functional groups attached to an aromatic ring is 1. The summed E-state index contributed by atoms with van der Waals surface area (Å²) in [5.74, 6) is 1.27. The van der Waals surface area contributed by atoms with Crippen LogP contribution in [0.1, 0.15) is 5.82 Å². The Kier molecular flexibility index (Phi) is 3.37. The third kappa shape index (κ3) is 2.73. The second kappa shape index (κ2) is 5.13. The molecule has 2 aromatic heterocycles. The summed E-state index contributed by atoms with van der Waals surface area (Å²) >= 11 is 0. The highest BCUT2D eigenvalue weighted by molar-refractivity contribution is 5.57. The molecular weight excluding hydrogens is 236 g/mol. The van der Waals surface area contributed by atoms with Crippen LogP contribution in [0, 0.1) is 10.1 Å². The van der Waals surface area contributed by atoms with Gasteiger partial charge in [-0.15, -0.1) is 0 Å². The fraction of sp³-hybridized carbons (Fsp3) is 0.200. The number of nitrogens with two attached hydrogens (primary N) is 1. The molecule has 0 saturated carbocycles. The van der Waals surface area contributed by atoms with Crippen molar-refractivity contribution in [3.8, 4) is 0 Å². The van der Waals surface area contributed by atoms with Gasteiger partial charge in [-0.1, -0.05) is 0 Å². The lowest BCUT2D eigenvalue weighted by Gasteiger charge is -2.05. The van der Waals surface area contributed by atoms with Crippen LogP contribution >= 0.6 is 0 Å². The molecule has 0 aromatic carbocycles. The predicted octanol–water partition coefficient (Wildman–Crippen LogP) is 0.950. The van der Waals surface area contributed by atoms with E-state index in [0.29, 0.717) is 18.8 Å². The van der Waals surface area contributed by atoms with E-state index in [4.69, 9.17) is 5.73 Å². The average Bonchev–Trinajstić information content (AvgIpc) is 2.81. The molecular formula is C10H12N6O2. The summed E-state index contributed by atoms with van der Waals surface area (Å²) in [6.45, 7) is 0.609. The smallest absolute Gasteiger partial charge is 0.311 e. The van der Waals surface area contributed by atoms with Gasteiger partial charge < -0.3 is 16.0 Å². The van der Waals surface area contributed by atoms with E-state index in [1.54, 1.807) is 12.4 Å². The minimum Gasteiger partial charge on any atom is -0.378 e. The molecule has 2 heterocycles. The molecule has 4 N–H and O–H groups in total. The Morgan fingerprint density at radius 2 is 2.33 bits per heavy atom. The first-order chi connectivity index (χ1) is 8.66. The Morgan fingerprint density at radius 1 is 1.50 bits per heavy atom. The maximum Gasteiger partial charge on any atom is 0.311 e. The molecule has 8 nitrogen and oxygen atoms in total. The van der Waals surface area contributed by atoms with E-state index >= 15 is 0 Å². The van der Waals surface area contributed by atoms with E-state index in [9.17, 15) is 10.1 Å². The van der Waals surface area contributed by atoms with Gasteiger partial charge in [0.25, 0.3) is 0 Å². The van der Waals surface area contributed by atoms with Gasteiger partial charge >= 0.3 is 5.69 Å². The lowest BCUT2D eigenvalue weighted by molar-refractivity contribution is -0.384. The van der Waals surface area contributed by atoms with Crippen LogP contribution in [0.3, 0.4) is 0 Å². The van der Waals surface area contributed by atoms with E-state index in [1.165, 1.54) is 12.1 Å². The number of H-pyrrole nitrogens is 1. The number of imidazole rings is 1. The van der Waals surface area contributed by atoms with Crippen LogP contribution in [0.4, 0.5) is 17.3 Å². The normalized spacial score (nSPS) is 10.2. The molecule has 0 spiro atoms. The van der Waals surface area contributed by atoms with E-state index in [2.05, 4.69) is 20.3 Å². The van der Waals surface area contributed by atoms with Crippen molar-refractivity contribution < 1.29 is 4.92 Å². The van der Waals surface area contributed by atoms with E-state index < -0.39 is 4.92 Å². The largest absolute Gasteiger partial charge is 0.378 e. The van der Waals surface area contributed by atoms with E-state index in [0.717, 1.165) is 5.82 Å². The zero-order chi connectivity index (χ0) is 13.0. The highest BCUT2D eigenvalue weighted by Gasteiger charge is 2.12. The number of hydrogen-bond acceptors (Lipinski definition) is 6. The molecule has 0 aliphatic rings. The van der Waals surface area contributed by atoms with Crippen LogP contribution in [0.15, 0.2) is 24.5 Å². The number of nitrogens with one attached hydrogen (secondary N) is 2. The van der Waals surface area contributed by atoms with Gasteiger partial charge in [-0.3, -0.25) is 10.1 Å². The van der Waals surface area contributed by atoms with E-state index in [1.807, 2.05) is 0 Å². The number of pyridine rings is 1. The molecule has 0 unspecified atom stereocenters. The second-order valence-electron chi connectivity index (χ2n) is 3.57. The van der Waals surface area contributed by atoms with Crippen molar-refractivity contribution in [2.45, 2.75) is 6.42 Å². The molecule has 0 aliphatic heterocycles. The van der Waals surface area contributed by atoms with Gasteiger partial charge in [-0.25, -0.2) is 9.97 Å². The maximum absolute atomic E-state index is 10.6. The topological polar surface area (TPSA) is 123 Å². The summed E-state index contributed by atoms with van der Waals surface area (Å²) in [7, 11) is 0. The summed E-state index contributed by atoms with van der Waals surface area (Å²) < 4.78 is 0. The van der Waals surface area contributed by atoms with Crippen molar-refractivity contribution in [2.24, 2.45) is 0 Å². The summed E-state index contributed by atoms with van der Waals surface area (Å²) in [4.78, 5) is 20.9. The van der Waals surface area contributed by atoms with E-state index in [-0.39, 0.29) is 11.5 Å². The Bertz CT molecular complexity index is 539. The third-order valence-electron chi connectivity index (χ3n) is 2.32. The van der Waals surface area contributed by atoms with Crippen molar-refractivity contribution in [2.75, 3.05) is 17.6 Å². The zero-order valence-corrected chi connectivity index (χ0v) is 9.46. The van der Waals surface area contributed by atoms with Crippen LogP contribution in [0.5, 0.6) is 0 Å². The molecule has 8 heteroatoms. The van der Waals surface area contributed by atoms with Crippen molar-refractivity contribution >= 4 is 17.3 Å². The predicted molar refractivity (Wildman–Crippen MR) is 66.1 cm³/mol. The van der Waals surface area contributed by atoms with Crippen molar-refractivity contribution in [1.29, 1.82) is 0 Å². The maximum atomic E-state index is 10.6. The molecule has 2 rings (SSSR count). The number of aromatic nitrogens is 3. The average molecular weight is 248 g/mol. The quantitative estimate of drug-likeness (QED) is 0.534. The van der Waals surface area contributed by atoms with Crippen LogP contribution in [-0.2, 0) is 6.42 Å². The molecule has 0 saturated heterocycles. The molecule has 94 valence electrons. The van der Waals surface area contributed by atoms with Gasteiger partial charge in [0.1, 0.15) is 11.6 Å². The summed E-state index contributed by atoms with van der Waals surface area (Å²) in [5.41, 5.74) is 5.29. The van der Waals surface area contributed by atoms with Crippen molar-refractivity contribution in [1.82, 2.24) is 15.0 Å². The fourth-order valence-electron chi connectivity index (χ4n) is 1.46.